The summed E-state index contributed by atoms with van der Waals surface area (Å²) in [7, 11) is 0. The first kappa shape index (κ1) is 12.8. The van der Waals surface area contributed by atoms with Crippen molar-refractivity contribution in [2.75, 3.05) is 0 Å². The Kier molecular flexibility index (Phi) is 4.15. The van der Waals surface area contributed by atoms with Crippen molar-refractivity contribution < 1.29 is 14.3 Å². The maximum atomic E-state index is 13.7. The SMILES string of the molecule is N/C(=N\O)c1ccc(COC2CCCC2)c(F)c1. The van der Waals surface area contributed by atoms with E-state index in [1.807, 2.05) is 0 Å². The molecule has 1 aliphatic rings. The molecular weight excluding hydrogens is 235 g/mol. The molecule has 1 fully saturated rings. The van der Waals surface area contributed by atoms with Gasteiger partial charge in [0.25, 0.3) is 0 Å². The summed E-state index contributed by atoms with van der Waals surface area (Å²) in [6.07, 6.45) is 4.76. The van der Waals surface area contributed by atoms with E-state index < -0.39 is 5.82 Å². The van der Waals surface area contributed by atoms with Crippen LogP contribution >= 0.6 is 0 Å². The van der Waals surface area contributed by atoms with Gasteiger partial charge in [-0.15, -0.1) is 0 Å². The van der Waals surface area contributed by atoms with Crippen molar-refractivity contribution in [1.29, 1.82) is 0 Å². The van der Waals surface area contributed by atoms with E-state index in [1.54, 1.807) is 12.1 Å². The third-order valence-electron chi connectivity index (χ3n) is 3.23. The fourth-order valence-electron chi connectivity index (χ4n) is 2.14. The van der Waals surface area contributed by atoms with Crippen LogP contribution in [0.25, 0.3) is 0 Å². The van der Waals surface area contributed by atoms with Crippen molar-refractivity contribution in [2.24, 2.45) is 10.9 Å². The second-order valence-electron chi connectivity index (χ2n) is 4.51. The van der Waals surface area contributed by atoms with Crippen LogP contribution in [0.5, 0.6) is 0 Å². The number of nitrogens with two attached hydrogens (primary N) is 1. The second-order valence-corrected chi connectivity index (χ2v) is 4.51. The van der Waals surface area contributed by atoms with E-state index in [9.17, 15) is 4.39 Å². The molecule has 0 radical (unpaired) electrons. The van der Waals surface area contributed by atoms with Gasteiger partial charge in [0.1, 0.15) is 5.82 Å². The molecule has 0 spiro atoms. The lowest BCUT2D eigenvalue weighted by Gasteiger charge is -2.12. The van der Waals surface area contributed by atoms with Gasteiger partial charge in [0.15, 0.2) is 5.84 Å². The smallest absolute Gasteiger partial charge is 0.170 e. The lowest BCUT2D eigenvalue weighted by Crippen LogP contribution is -2.14. The highest BCUT2D eigenvalue weighted by Crippen LogP contribution is 2.22. The van der Waals surface area contributed by atoms with Crippen LogP contribution in [0.15, 0.2) is 23.4 Å². The summed E-state index contributed by atoms with van der Waals surface area (Å²) in [6.45, 7) is 0.271. The fraction of sp³-hybridized carbons (Fsp3) is 0.462. The van der Waals surface area contributed by atoms with Gasteiger partial charge in [-0.2, -0.15) is 0 Å². The number of benzene rings is 1. The molecule has 4 nitrogen and oxygen atoms in total. The third kappa shape index (κ3) is 2.98. The van der Waals surface area contributed by atoms with Crippen molar-refractivity contribution in [2.45, 2.75) is 38.4 Å². The van der Waals surface area contributed by atoms with E-state index in [0.717, 1.165) is 12.8 Å². The van der Waals surface area contributed by atoms with Crippen LogP contribution in [-0.4, -0.2) is 17.1 Å². The number of amidine groups is 1. The molecule has 1 aromatic rings. The summed E-state index contributed by atoms with van der Waals surface area (Å²) in [5.41, 5.74) is 6.25. The number of oxime groups is 1. The summed E-state index contributed by atoms with van der Waals surface area (Å²) in [5.74, 6) is -0.491. The molecule has 2 rings (SSSR count). The topological polar surface area (TPSA) is 67.8 Å². The van der Waals surface area contributed by atoms with Crippen LogP contribution in [0.3, 0.4) is 0 Å². The van der Waals surface area contributed by atoms with Crippen LogP contribution in [0.4, 0.5) is 4.39 Å². The molecule has 1 saturated carbocycles. The van der Waals surface area contributed by atoms with Crippen LogP contribution in [0.2, 0.25) is 0 Å². The predicted molar refractivity (Wildman–Crippen MR) is 66.0 cm³/mol. The molecular formula is C13H17FN2O2. The highest BCUT2D eigenvalue weighted by molar-refractivity contribution is 5.97. The molecule has 1 aromatic carbocycles. The normalized spacial score (nSPS) is 17.3. The zero-order chi connectivity index (χ0) is 13.0. The minimum Gasteiger partial charge on any atom is -0.409 e. The van der Waals surface area contributed by atoms with E-state index in [1.165, 1.54) is 18.9 Å². The minimum atomic E-state index is -0.392. The highest BCUT2D eigenvalue weighted by atomic mass is 19.1. The number of halogens is 1. The largest absolute Gasteiger partial charge is 0.409 e. The summed E-state index contributed by atoms with van der Waals surface area (Å²) in [6, 6.07) is 4.48. The molecule has 98 valence electrons. The Bertz CT molecular complexity index is 443. The van der Waals surface area contributed by atoms with E-state index in [-0.39, 0.29) is 18.5 Å². The van der Waals surface area contributed by atoms with Crippen molar-refractivity contribution in [3.05, 3.63) is 35.1 Å². The van der Waals surface area contributed by atoms with Crippen LogP contribution in [0, 0.1) is 5.82 Å². The number of nitrogens with zero attached hydrogens (tertiary/aromatic N) is 1. The van der Waals surface area contributed by atoms with Gasteiger partial charge in [0, 0.05) is 11.1 Å². The van der Waals surface area contributed by atoms with Crippen LogP contribution in [-0.2, 0) is 11.3 Å². The fourth-order valence-corrected chi connectivity index (χ4v) is 2.14. The molecule has 0 unspecified atom stereocenters. The average Bonchev–Trinajstić information content (AvgIpc) is 2.89. The Balaban J connectivity index is 2.00. The molecule has 0 amide bonds. The maximum Gasteiger partial charge on any atom is 0.170 e. The Labute approximate surface area is 105 Å². The van der Waals surface area contributed by atoms with Gasteiger partial charge in [0.2, 0.25) is 0 Å². The Morgan fingerprint density at radius 1 is 1.44 bits per heavy atom. The van der Waals surface area contributed by atoms with Gasteiger partial charge < -0.3 is 15.7 Å². The number of rotatable bonds is 4. The summed E-state index contributed by atoms with van der Waals surface area (Å²) >= 11 is 0. The van der Waals surface area contributed by atoms with Crippen LogP contribution in [0.1, 0.15) is 36.8 Å². The molecule has 0 aliphatic heterocycles. The lowest BCUT2D eigenvalue weighted by atomic mass is 10.1. The van der Waals surface area contributed by atoms with Gasteiger partial charge >= 0.3 is 0 Å². The van der Waals surface area contributed by atoms with Crippen molar-refractivity contribution in [3.63, 3.8) is 0 Å². The first-order valence-corrected chi connectivity index (χ1v) is 6.08. The van der Waals surface area contributed by atoms with Gasteiger partial charge in [-0.1, -0.05) is 30.1 Å². The van der Waals surface area contributed by atoms with Crippen molar-refractivity contribution >= 4 is 5.84 Å². The van der Waals surface area contributed by atoms with Gasteiger partial charge in [-0.3, -0.25) is 0 Å². The molecule has 0 heterocycles. The Hall–Kier alpha value is -1.62. The van der Waals surface area contributed by atoms with E-state index >= 15 is 0 Å². The summed E-state index contributed by atoms with van der Waals surface area (Å²) < 4.78 is 19.4. The van der Waals surface area contributed by atoms with Gasteiger partial charge in [-0.05, 0) is 18.9 Å². The lowest BCUT2D eigenvalue weighted by molar-refractivity contribution is 0.0441. The average molecular weight is 252 g/mol. The molecule has 0 bridgehead atoms. The molecule has 18 heavy (non-hydrogen) atoms. The van der Waals surface area contributed by atoms with Gasteiger partial charge in [-0.25, -0.2) is 4.39 Å². The zero-order valence-corrected chi connectivity index (χ0v) is 10.1. The molecule has 5 heteroatoms. The molecule has 0 saturated heterocycles. The number of hydrogen-bond acceptors (Lipinski definition) is 3. The predicted octanol–water partition coefficient (Wildman–Crippen LogP) is 2.38. The van der Waals surface area contributed by atoms with Crippen LogP contribution < -0.4 is 5.73 Å². The first-order chi connectivity index (χ1) is 8.70. The molecule has 1 aliphatic carbocycles. The molecule has 0 aromatic heterocycles. The highest BCUT2D eigenvalue weighted by Gasteiger charge is 2.16. The minimum absolute atomic E-state index is 0.0999. The standard InChI is InChI=1S/C13H17FN2O2/c14-12-7-9(13(15)16-17)5-6-10(12)8-18-11-3-1-2-4-11/h5-7,11,17H,1-4,8H2,(H2,15,16). The zero-order valence-electron chi connectivity index (χ0n) is 10.1. The summed E-state index contributed by atoms with van der Waals surface area (Å²) in [5, 5.41) is 11.3. The quantitative estimate of drug-likeness (QED) is 0.374. The maximum absolute atomic E-state index is 13.7. The van der Waals surface area contributed by atoms with E-state index in [4.69, 9.17) is 15.7 Å². The van der Waals surface area contributed by atoms with Crippen molar-refractivity contribution in [3.8, 4) is 0 Å². The number of ether oxygens (including phenoxy) is 1. The van der Waals surface area contributed by atoms with Gasteiger partial charge in [0.05, 0.1) is 12.7 Å². The second kappa shape index (κ2) is 5.82. The summed E-state index contributed by atoms with van der Waals surface area (Å²) in [4.78, 5) is 0. The molecule has 0 atom stereocenters. The van der Waals surface area contributed by atoms with Crippen molar-refractivity contribution in [1.82, 2.24) is 0 Å². The molecule has 3 N–H and O–H groups in total. The van der Waals surface area contributed by atoms with E-state index in [2.05, 4.69) is 5.16 Å². The monoisotopic (exact) mass is 252 g/mol. The Morgan fingerprint density at radius 2 is 2.17 bits per heavy atom. The Morgan fingerprint density at radius 3 is 2.78 bits per heavy atom. The van der Waals surface area contributed by atoms with E-state index in [0.29, 0.717) is 11.1 Å². The first-order valence-electron chi connectivity index (χ1n) is 6.08. The third-order valence-corrected chi connectivity index (χ3v) is 3.23. The number of hydrogen-bond donors (Lipinski definition) is 2.